The number of halogens is 1. The van der Waals surface area contributed by atoms with E-state index < -0.39 is 157 Å². The Labute approximate surface area is 570 Å². The highest BCUT2D eigenvalue weighted by atomic mass is 35.5. The molecular formula is C67H86ClN15O15. The van der Waals surface area contributed by atoms with Crippen molar-refractivity contribution in [1.82, 2.24) is 63.4 Å². The van der Waals surface area contributed by atoms with Crippen molar-refractivity contribution in [2.75, 3.05) is 26.2 Å². The quantitative estimate of drug-likeness (QED) is 0.0363. The molecule has 3 heterocycles. The van der Waals surface area contributed by atoms with Gasteiger partial charge in [0.1, 0.15) is 66.2 Å². The Hall–Kier alpha value is -10.4. The second kappa shape index (κ2) is 36.1. The van der Waals surface area contributed by atoms with Crippen LogP contribution in [-0.2, 0) is 81.6 Å². The van der Waals surface area contributed by atoms with Crippen LogP contribution in [0.4, 0.5) is 0 Å². The number of guanidine groups is 1. The summed E-state index contributed by atoms with van der Waals surface area (Å²) >= 11 is 6.08. The molecule has 0 bridgehead atoms. The van der Waals surface area contributed by atoms with Gasteiger partial charge in [0.05, 0.1) is 12.8 Å². The molecule has 0 aromatic heterocycles. The van der Waals surface area contributed by atoms with Gasteiger partial charge in [-0.05, 0) is 109 Å². The van der Waals surface area contributed by atoms with E-state index in [0.717, 1.165) is 17.7 Å². The molecule has 0 aliphatic carbocycles. The molecule has 0 saturated carbocycles. The highest BCUT2D eigenvalue weighted by Gasteiger charge is 2.41. The van der Waals surface area contributed by atoms with Crippen LogP contribution in [0.25, 0.3) is 10.8 Å². The second-order valence-corrected chi connectivity index (χ2v) is 25.4. The average Bonchev–Trinajstić information content (AvgIpc) is 1.42. The van der Waals surface area contributed by atoms with Crippen LogP contribution < -0.4 is 70.0 Å². The first-order valence-corrected chi connectivity index (χ1v) is 32.9. The van der Waals surface area contributed by atoms with Gasteiger partial charge in [-0.15, -0.1) is 0 Å². The van der Waals surface area contributed by atoms with E-state index in [1.54, 1.807) is 50.2 Å². The number of phenols is 1. The summed E-state index contributed by atoms with van der Waals surface area (Å²) in [5, 5.41) is 51.3. The number of carboxylic acid groups (broad SMARTS) is 1. The van der Waals surface area contributed by atoms with Gasteiger partial charge in [0, 0.05) is 57.4 Å². The van der Waals surface area contributed by atoms with Gasteiger partial charge in [-0.25, -0.2) is 4.79 Å². The second-order valence-electron chi connectivity index (χ2n) is 25.0. The first-order valence-electron chi connectivity index (χ1n) is 32.5. The summed E-state index contributed by atoms with van der Waals surface area (Å²) in [7, 11) is 0. The highest BCUT2D eigenvalue weighted by molar-refractivity contribution is 6.30. The number of carboxylic acids is 1. The lowest BCUT2D eigenvalue weighted by Crippen LogP contribution is -2.61. The predicted molar refractivity (Wildman–Crippen MR) is 359 cm³/mol. The molecule has 0 spiro atoms. The van der Waals surface area contributed by atoms with Gasteiger partial charge in [0.15, 0.2) is 5.96 Å². The monoisotopic (exact) mass is 1380 g/mol. The molecule has 17 N–H and O–H groups in total. The van der Waals surface area contributed by atoms with Crippen LogP contribution in [-0.4, -0.2) is 185 Å². The number of aliphatic carboxylic acids is 1. The fraction of sp³-hybridized carbons (Fsp3) is 0.463. The largest absolute Gasteiger partial charge is 0.508 e. The van der Waals surface area contributed by atoms with Crippen molar-refractivity contribution >= 4 is 105 Å². The number of fused-ring (bicyclic) bond motifs is 2. The summed E-state index contributed by atoms with van der Waals surface area (Å²) in [6.45, 7) is 3.98. The molecule has 3 saturated heterocycles. The Bertz CT molecular complexity index is 3610. The van der Waals surface area contributed by atoms with E-state index in [1.165, 1.54) is 29.2 Å². The van der Waals surface area contributed by atoms with E-state index in [-0.39, 0.29) is 101 Å². The van der Waals surface area contributed by atoms with Crippen molar-refractivity contribution in [3.63, 3.8) is 0 Å². The fourth-order valence-corrected chi connectivity index (χ4v) is 11.8. The Morgan fingerprint density at radius 2 is 1.14 bits per heavy atom. The molecule has 526 valence electrons. The molecule has 0 radical (unpaired) electrons. The van der Waals surface area contributed by atoms with E-state index in [0.29, 0.717) is 28.1 Å². The Morgan fingerprint density at radius 3 is 1.76 bits per heavy atom. The molecule has 3 aliphatic rings. The lowest BCUT2D eigenvalue weighted by molar-refractivity contribution is -0.143. The van der Waals surface area contributed by atoms with Gasteiger partial charge in [-0.3, -0.25) is 62.5 Å². The average molecular weight is 1380 g/mol. The molecule has 12 amide bonds. The summed E-state index contributed by atoms with van der Waals surface area (Å²) in [5.41, 5.74) is 12.7. The first kappa shape index (κ1) is 75.0. The molecular weight excluding hydrogens is 1290 g/mol. The minimum Gasteiger partial charge on any atom is -0.508 e. The number of benzene rings is 4. The van der Waals surface area contributed by atoms with Gasteiger partial charge in [0.25, 0.3) is 0 Å². The molecule has 98 heavy (non-hydrogen) atoms. The lowest BCUT2D eigenvalue weighted by Gasteiger charge is -2.31. The van der Waals surface area contributed by atoms with Crippen molar-refractivity contribution in [2.45, 2.75) is 165 Å². The van der Waals surface area contributed by atoms with Crippen LogP contribution in [0.3, 0.4) is 0 Å². The van der Waals surface area contributed by atoms with Crippen LogP contribution in [0.1, 0.15) is 102 Å². The number of hydrogen-bond donors (Lipinski definition) is 15. The number of rotatable bonds is 16. The molecule has 31 heteroatoms. The zero-order valence-corrected chi connectivity index (χ0v) is 55.4. The topological polar surface area (TPSA) is 462 Å². The summed E-state index contributed by atoms with van der Waals surface area (Å²) in [5.74, 6) is -13.3. The third kappa shape index (κ3) is 22.9. The third-order valence-corrected chi connectivity index (χ3v) is 17.0. The molecule has 30 nitrogen and oxygen atoms in total. The normalized spacial score (nSPS) is 24.1. The Morgan fingerprint density at radius 1 is 0.602 bits per heavy atom. The number of carbonyl (C=O) groups is 13. The van der Waals surface area contributed by atoms with Crippen molar-refractivity contribution in [1.29, 1.82) is 0 Å². The van der Waals surface area contributed by atoms with E-state index >= 15 is 14.4 Å². The number of nitrogens with two attached hydrogens (primary N) is 2. The van der Waals surface area contributed by atoms with Crippen LogP contribution in [0.15, 0.2) is 96.0 Å². The maximum atomic E-state index is 15.2. The van der Waals surface area contributed by atoms with E-state index in [2.05, 4.69) is 63.5 Å². The maximum Gasteiger partial charge on any atom is 0.328 e. The van der Waals surface area contributed by atoms with E-state index in [4.69, 9.17) is 23.1 Å². The van der Waals surface area contributed by atoms with Gasteiger partial charge in [-0.1, -0.05) is 92.2 Å². The van der Waals surface area contributed by atoms with E-state index in [9.17, 15) is 58.2 Å². The van der Waals surface area contributed by atoms with Crippen LogP contribution in [0.5, 0.6) is 5.75 Å². The predicted octanol–water partition coefficient (Wildman–Crippen LogP) is -1.00. The summed E-state index contributed by atoms with van der Waals surface area (Å²) in [4.78, 5) is 191. The highest BCUT2D eigenvalue weighted by Crippen LogP contribution is 2.23. The summed E-state index contributed by atoms with van der Waals surface area (Å²) in [6, 6.07) is 9.27. The van der Waals surface area contributed by atoms with Crippen molar-refractivity contribution < 1.29 is 72.5 Å². The van der Waals surface area contributed by atoms with Gasteiger partial charge >= 0.3 is 5.97 Å². The SMILES string of the molecule is CC(=O)NC1CC(=O)NC(C(=O)N[C@H]2CC(=O)NC(C(=O)O)CNC(=O)[C@@H]3CCCN3C(=O)[C@@H](CCCN=C(N)N)NC(=O)[C@H](CC(C)C)NC(=O)C(Cc3ccc4ccccc4c3)NC(=O)[C@H](Cc3ccc(O)cc3)NC2=O)CCCCNC(=O)[C@@H](Cc2ccc(Cl)cc2)NC1=O. The Kier molecular flexibility index (Phi) is 27.6. The molecule has 10 atom stereocenters. The van der Waals surface area contributed by atoms with Gasteiger partial charge < -0.3 is 85.1 Å². The van der Waals surface area contributed by atoms with Crippen molar-refractivity contribution in [3.05, 3.63) is 113 Å². The smallest absolute Gasteiger partial charge is 0.328 e. The van der Waals surface area contributed by atoms with Crippen LogP contribution in [0.2, 0.25) is 5.02 Å². The molecule has 4 aromatic carbocycles. The number of hydrogen-bond acceptors (Lipinski definition) is 15. The number of phenolic OH excluding ortho intramolecular Hbond substituents is 1. The number of nitrogens with one attached hydrogen (secondary N) is 11. The zero-order valence-electron chi connectivity index (χ0n) is 54.7. The van der Waals surface area contributed by atoms with Crippen LogP contribution >= 0.6 is 11.6 Å². The third-order valence-electron chi connectivity index (χ3n) is 16.7. The molecule has 3 fully saturated rings. The number of aromatic hydroxyl groups is 1. The molecule has 4 unspecified atom stereocenters. The van der Waals surface area contributed by atoms with Crippen molar-refractivity contribution in [3.8, 4) is 5.75 Å². The van der Waals surface area contributed by atoms with Crippen LogP contribution in [0, 0.1) is 5.92 Å². The van der Waals surface area contributed by atoms with Crippen molar-refractivity contribution in [2.24, 2.45) is 22.4 Å². The first-order chi connectivity index (χ1) is 46.7. The lowest BCUT2D eigenvalue weighted by atomic mass is 9.98. The zero-order chi connectivity index (χ0) is 71.2. The number of carbonyl (C=O) groups excluding carboxylic acids is 12. The fourth-order valence-electron chi connectivity index (χ4n) is 11.7. The minimum absolute atomic E-state index is 0.00301. The van der Waals surface area contributed by atoms with E-state index in [1.807, 2.05) is 30.3 Å². The molecule has 3 aliphatic heterocycles. The Balaban J connectivity index is 1.26. The van der Waals surface area contributed by atoms with Gasteiger partial charge in [-0.2, -0.15) is 0 Å². The van der Waals surface area contributed by atoms with Gasteiger partial charge in [0.2, 0.25) is 70.9 Å². The number of amides is 12. The minimum atomic E-state index is -2.04. The summed E-state index contributed by atoms with van der Waals surface area (Å²) in [6.07, 6.45) is -1.82. The molecule has 4 aromatic rings. The number of nitrogens with zero attached hydrogens (tertiary/aromatic N) is 2. The maximum absolute atomic E-state index is 15.2. The number of aliphatic imine (C=N–C) groups is 1. The summed E-state index contributed by atoms with van der Waals surface area (Å²) < 4.78 is 0. The standard InChI is InChI=1S/C67H86ClN15O15/c1-36(2)28-47-59(90)77-46(13-8-26-72-67(69)70)65(96)83-27-9-14-54(83)64(95)73-35-53(66(97)98)76-56(87)34-52(63(94)80-49(31-39-18-23-44(85)24-19-39)60(91)81-50(61(92)78-47)32-40-15-20-41-10-4-5-11-42(41)29-40)82-58(89)45-12-6-7-25-71-57(88)48(30-38-16-21-43(68)22-17-38)79-62(93)51(74-37(3)84)33-55(86)75-45/h4-5,10-11,15-24,29,36,45-54,85H,6-9,12-14,25-28,30-35H2,1-3H3,(H,71,88)(H,73,95)(H,74,84)(H,75,86)(H,76,87)(H,77,90)(H,78,92)(H,79,93)(H,80,94)(H,81,91)(H,82,89)(H,97,98)(H4,69,70,72)/t45?,46-,47+,48-,49+,50?,51?,52+,53?,54+/m1/s1. The molecule has 7 rings (SSSR count).